The number of aliphatic imine (C=N–C) groups is 1. The Morgan fingerprint density at radius 3 is 2.81 bits per heavy atom. The zero-order valence-corrected chi connectivity index (χ0v) is 9.85. The van der Waals surface area contributed by atoms with E-state index in [0.717, 1.165) is 24.5 Å². The van der Waals surface area contributed by atoms with Crippen molar-refractivity contribution in [1.82, 2.24) is 4.90 Å². The smallest absolute Gasteiger partial charge is 0.131 e. The topological polar surface area (TPSA) is 35.8 Å². The van der Waals surface area contributed by atoms with Gasteiger partial charge in [0.15, 0.2) is 0 Å². The van der Waals surface area contributed by atoms with Gasteiger partial charge in [0.25, 0.3) is 0 Å². The summed E-state index contributed by atoms with van der Waals surface area (Å²) >= 11 is 0. The van der Waals surface area contributed by atoms with Crippen LogP contribution in [-0.4, -0.2) is 42.6 Å². The van der Waals surface area contributed by atoms with Crippen LogP contribution in [0, 0.1) is 0 Å². The molecule has 1 N–H and O–H groups in total. The lowest BCUT2D eigenvalue weighted by atomic mass is 9.95. The summed E-state index contributed by atoms with van der Waals surface area (Å²) in [6, 6.07) is 8.20. The largest absolute Gasteiger partial charge is 0.396 e. The minimum atomic E-state index is 0.160. The van der Waals surface area contributed by atoms with E-state index in [9.17, 15) is 5.11 Å². The molecule has 0 aromatic heterocycles. The van der Waals surface area contributed by atoms with Crippen LogP contribution in [0.5, 0.6) is 0 Å². The second kappa shape index (κ2) is 4.66. The molecule has 0 saturated carbocycles. The number of benzene rings is 1. The standard InChI is InChI=1S/C13H18N2O/c1-10(9-16)11-5-3-4-6-12(11)13-14-7-8-15(13)2/h3-6,10,16H,7-9H2,1-2H3. The molecule has 0 aliphatic carbocycles. The molecule has 16 heavy (non-hydrogen) atoms. The van der Waals surface area contributed by atoms with Gasteiger partial charge in [-0.05, 0) is 5.56 Å². The van der Waals surface area contributed by atoms with Crippen molar-refractivity contribution in [2.24, 2.45) is 4.99 Å². The molecule has 0 bridgehead atoms. The Hall–Kier alpha value is -1.35. The number of likely N-dealkylation sites (N-methyl/N-ethyl adjacent to an activating group) is 1. The third kappa shape index (κ3) is 1.95. The Morgan fingerprint density at radius 1 is 1.44 bits per heavy atom. The molecule has 1 atom stereocenters. The molecule has 1 aromatic rings. The van der Waals surface area contributed by atoms with Gasteiger partial charge in [0.2, 0.25) is 0 Å². The van der Waals surface area contributed by atoms with Gasteiger partial charge < -0.3 is 10.0 Å². The predicted molar refractivity (Wildman–Crippen MR) is 66.0 cm³/mol. The van der Waals surface area contributed by atoms with E-state index < -0.39 is 0 Å². The van der Waals surface area contributed by atoms with Crippen LogP contribution in [0.2, 0.25) is 0 Å². The summed E-state index contributed by atoms with van der Waals surface area (Å²) in [5.41, 5.74) is 2.33. The second-order valence-corrected chi connectivity index (χ2v) is 4.30. The summed E-state index contributed by atoms with van der Waals surface area (Å²) in [5.74, 6) is 1.21. The monoisotopic (exact) mass is 218 g/mol. The summed E-state index contributed by atoms with van der Waals surface area (Å²) < 4.78 is 0. The Balaban J connectivity index is 2.40. The van der Waals surface area contributed by atoms with Gasteiger partial charge in [-0.2, -0.15) is 0 Å². The van der Waals surface area contributed by atoms with Crippen LogP contribution >= 0.6 is 0 Å². The zero-order chi connectivity index (χ0) is 11.5. The van der Waals surface area contributed by atoms with Gasteiger partial charge in [0.05, 0.1) is 6.54 Å². The van der Waals surface area contributed by atoms with Gasteiger partial charge in [0, 0.05) is 31.7 Å². The third-order valence-electron chi connectivity index (χ3n) is 3.07. The maximum Gasteiger partial charge on any atom is 0.131 e. The number of hydrogen-bond acceptors (Lipinski definition) is 3. The van der Waals surface area contributed by atoms with Crippen LogP contribution in [0.15, 0.2) is 29.3 Å². The van der Waals surface area contributed by atoms with E-state index in [1.54, 1.807) is 0 Å². The van der Waals surface area contributed by atoms with Crippen LogP contribution in [0.25, 0.3) is 0 Å². The fraction of sp³-hybridized carbons (Fsp3) is 0.462. The number of aliphatic hydroxyl groups is 1. The number of aliphatic hydroxyl groups excluding tert-OH is 1. The highest BCUT2D eigenvalue weighted by Gasteiger charge is 2.19. The van der Waals surface area contributed by atoms with Crippen molar-refractivity contribution in [2.45, 2.75) is 12.8 Å². The summed E-state index contributed by atoms with van der Waals surface area (Å²) in [5, 5.41) is 9.27. The molecular weight excluding hydrogens is 200 g/mol. The molecule has 0 radical (unpaired) electrons. The highest BCUT2D eigenvalue weighted by atomic mass is 16.3. The Morgan fingerprint density at radius 2 is 2.19 bits per heavy atom. The molecule has 0 spiro atoms. The van der Waals surface area contributed by atoms with Crippen LogP contribution in [0.1, 0.15) is 24.0 Å². The van der Waals surface area contributed by atoms with Crippen molar-refractivity contribution in [2.75, 3.05) is 26.7 Å². The summed E-state index contributed by atoms with van der Waals surface area (Å²) in [7, 11) is 2.06. The number of rotatable bonds is 3. The van der Waals surface area contributed by atoms with Gasteiger partial charge in [0.1, 0.15) is 5.84 Å². The SMILES string of the molecule is CC(CO)c1ccccc1C1=NCCN1C. The van der Waals surface area contributed by atoms with E-state index in [1.165, 1.54) is 5.56 Å². The molecule has 3 nitrogen and oxygen atoms in total. The molecule has 0 saturated heterocycles. The first-order valence-electron chi connectivity index (χ1n) is 5.69. The normalized spacial score (nSPS) is 17.4. The van der Waals surface area contributed by atoms with Gasteiger partial charge in [-0.25, -0.2) is 0 Å². The minimum absolute atomic E-state index is 0.160. The molecular formula is C13H18N2O. The zero-order valence-electron chi connectivity index (χ0n) is 9.85. The van der Waals surface area contributed by atoms with E-state index >= 15 is 0 Å². The molecule has 0 fully saturated rings. The fourth-order valence-corrected chi connectivity index (χ4v) is 2.05. The number of nitrogens with zero attached hydrogens (tertiary/aromatic N) is 2. The first kappa shape index (κ1) is 11.1. The maximum absolute atomic E-state index is 9.27. The van der Waals surface area contributed by atoms with E-state index in [1.807, 2.05) is 19.1 Å². The highest BCUT2D eigenvalue weighted by Crippen LogP contribution is 2.22. The van der Waals surface area contributed by atoms with Crippen molar-refractivity contribution in [1.29, 1.82) is 0 Å². The molecule has 2 rings (SSSR count). The highest BCUT2D eigenvalue weighted by molar-refractivity contribution is 6.01. The van der Waals surface area contributed by atoms with E-state index in [4.69, 9.17) is 0 Å². The predicted octanol–water partition coefficient (Wildman–Crippen LogP) is 1.47. The molecule has 1 aliphatic rings. The molecule has 1 aromatic carbocycles. The molecule has 0 amide bonds. The average molecular weight is 218 g/mol. The maximum atomic E-state index is 9.27. The Kier molecular flexibility index (Phi) is 3.25. The summed E-state index contributed by atoms with van der Waals surface area (Å²) in [6.45, 7) is 4.06. The summed E-state index contributed by atoms with van der Waals surface area (Å²) in [4.78, 5) is 6.69. The minimum Gasteiger partial charge on any atom is -0.396 e. The van der Waals surface area contributed by atoms with Crippen LogP contribution in [0.4, 0.5) is 0 Å². The van der Waals surface area contributed by atoms with Crippen molar-refractivity contribution >= 4 is 5.84 Å². The van der Waals surface area contributed by atoms with Crippen LogP contribution in [0.3, 0.4) is 0 Å². The molecule has 1 heterocycles. The van der Waals surface area contributed by atoms with E-state index in [-0.39, 0.29) is 12.5 Å². The van der Waals surface area contributed by atoms with Gasteiger partial charge in [-0.15, -0.1) is 0 Å². The van der Waals surface area contributed by atoms with Crippen molar-refractivity contribution in [3.63, 3.8) is 0 Å². The van der Waals surface area contributed by atoms with Crippen molar-refractivity contribution in [3.8, 4) is 0 Å². The van der Waals surface area contributed by atoms with E-state index in [0.29, 0.717) is 0 Å². The lowest BCUT2D eigenvalue weighted by Crippen LogP contribution is -2.25. The molecule has 1 aliphatic heterocycles. The molecule has 3 heteroatoms. The lowest BCUT2D eigenvalue weighted by Gasteiger charge is -2.19. The summed E-state index contributed by atoms with van der Waals surface area (Å²) in [6.07, 6.45) is 0. The Bertz CT molecular complexity index is 401. The van der Waals surface area contributed by atoms with Crippen molar-refractivity contribution < 1.29 is 5.11 Å². The van der Waals surface area contributed by atoms with Crippen LogP contribution < -0.4 is 0 Å². The quantitative estimate of drug-likeness (QED) is 0.834. The lowest BCUT2D eigenvalue weighted by molar-refractivity contribution is 0.273. The van der Waals surface area contributed by atoms with E-state index in [2.05, 4.69) is 29.1 Å². The molecule has 1 unspecified atom stereocenters. The van der Waals surface area contributed by atoms with Gasteiger partial charge >= 0.3 is 0 Å². The second-order valence-electron chi connectivity index (χ2n) is 4.30. The molecule has 86 valence electrons. The number of amidine groups is 1. The first-order chi connectivity index (χ1) is 7.74. The van der Waals surface area contributed by atoms with Crippen LogP contribution in [-0.2, 0) is 0 Å². The average Bonchev–Trinajstić information content (AvgIpc) is 2.74. The third-order valence-corrected chi connectivity index (χ3v) is 3.07. The van der Waals surface area contributed by atoms with Gasteiger partial charge in [-0.3, -0.25) is 4.99 Å². The van der Waals surface area contributed by atoms with Gasteiger partial charge in [-0.1, -0.05) is 31.2 Å². The fourth-order valence-electron chi connectivity index (χ4n) is 2.05. The number of hydrogen-bond donors (Lipinski definition) is 1. The first-order valence-corrected chi connectivity index (χ1v) is 5.69. The Labute approximate surface area is 96.4 Å². The van der Waals surface area contributed by atoms with Crippen molar-refractivity contribution in [3.05, 3.63) is 35.4 Å².